The number of hydrogen-bond donors (Lipinski definition) is 2. The van der Waals surface area contributed by atoms with Crippen LogP contribution in [0.3, 0.4) is 0 Å². The molecule has 2 heterocycles. The van der Waals surface area contributed by atoms with Crippen molar-refractivity contribution in [1.82, 2.24) is 15.5 Å². The molecule has 0 spiro atoms. The van der Waals surface area contributed by atoms with Gasteiger partial charge in [0.05, 0.1) is 26.2 Å². The van der Waals surface area contributed by atoms with Crippen LogP contribution < -0.4 is 20.1 Å². The number of aromatic nitrogens is 2. The third kappa shape index (κ3) is 6.48. The number of methoxy groups -OCH3 is 2. The standard InChI is InChI=1S/C21H22N4O5S/c1-28-15-6-5-14(12-17(15)29-2)9-10-22-19(26)13-31-20-8-7-18(24-25-20)23-21(27)16-4-3-11-30-16/h3-8,11-12H,9-10,13H2,1-2H3,(H,22,26)(H,23,24,27). The van der Waals surface area contributed by atoms with E-state index in [2.05, 4.69) is 20.8 Å². The molecule has 10 heteroatoms. The summed E-state index contributed by atoms with van der Waals surface area (Å²) in [4.78, 5) is 24.0. The largest absolute Gasteiger partial charge is 0.493 e. The lowest BCUT2D eigenvalue weighted by atomic mass is 10.1. The number of anilines is 1. The summed E-state index contributed by atoms with van der Waals surface area (Å²) in [6, 6.07) is 12.1. The minimum atomic E-state index is -0.409. The van der Waals surface area contributed by atoms with Crippen LogP contribution in [0.2, 0.25) is 0 Å². The molecule has 1 aromatic carbocycles. The predicted molar refractivity (Wildman–Crippen MR) is 116 cm³/mol. The van der Waals surface area contributed by atoms with Gasteiger partial charge in [-0.25, -0.2) is 0 Å². The molecule has 31 heavy (non-hydrogen) atoms. The molecular weight excluding hydrogens is 420 g/mol. The maximum absolute atomic E-state index is 12.1. The monoisotopic (exact) mass is 442 g/mol. The minimum Gasteiger partial charge on any atom is -0.493 e. The van der Waals surface area contributed by atoms with Crippen molar-refractivity contribution >= 4 is 29.4 Å². The van der Waals surface area contributed by atoms with Crippen molar-refractivity contribution < 1.29 is 23.5 Å². The van der Waals surface area contributed by atoms with Gasteiger partial charge in [-0.3, -0.25) is 9.59 Å². The Hall–Kier alpha value is -3.53. The molecule has 0 aliphatic rings. The third-order valence-electron chi connectivity index (χ3n) is 4.16. The van der Waals surface area contributed by atoms with Crippen LogP contribution >= 0.6 is 11.8 Å². The van der Waals surface area contributed by atoms with Gasteiger partial charge >= 0.3 is 0 Å². The van der Waals surface area contributed by atoms with E-state index in [1.807, 2.05) is 18.2 Å². The summed E-state index contributed by atoms with van der Waals surface area (Å²) in [6.45, 7) is 0.498. The SMILES string of the molecule is COc1ccc(CCNC(=O)CSc2ccc(NC(=O)c3ccco3)nn2)cc1OC. The molecule has 0 aliphatic carbocycles. The zero-order chi connectivity index (χ0) is 22.1. The first-order valence-corrected chi connectivity index (χ1v) is 10.4. The van der Waals surface area contributed by atoms with Crippen molar-refractivity contribution in [3.8, 4) is 11.5 Å². The summed E-state index contributed by atoms with van der Waals surface area (Å²) in [5.74, 6) is 1.49. The second-order valence-electron chi connectivity index (χ2n) is 6.27. The Balaban J connectivity index is 1.40. The quantitative estimate of drug-likeness (QED) is 0.461. The number of thioether (sulfide) groups is 1. The summed E-state index contributed by atoms with van der Waals surface area (Å²) < 4.78 is 15.5. The lowest BCUT2D eigenvalue weighted by Gasteiger charge is -2.10. The number of rotatable bonds is 10. The molecule has 0 fully saturated rings. The van der Waals surface area contributed by atoms with Crippen LogP contribution in [0.5, 0.6) is 11.5 Å². The summed E-state index contributed by atoms with van der Waals surface area (Å²) in [5, 5.41) is 14.0. The molecule has 2 amide bonds. The number of nitrogens with zero attached hydrogens (tertiary/aromatic N) is 2. The summed E-state index contributed by atoms with van der Waals surface area (Å²) in [5.41, 5.74) is 1.03. The van der Waals surface area contributed by atoms with E-state index in [1.165, 1.54) is 18.0 Å². The lowest BCUT2D eigenvalue weighted by Crippen LogP contribution is -2.27. The number of ether oxygens (including phenoxy) is 2. The number of furan rings is 1. The van der Waals surface area contributed by atoms with Gasteiger partial charge in [0.25, 0.3) is 5.91 Å². The van der Waals surface area contributed by atoms with Gasteiger partial charge < -0.3 is 24.5 Å². The molecule has 2 N–H and O–H groups in total. The number of amides is 2. The second-order valence-corrected chi connectivity index (χ2v) is 7.26. The number of carbonyl (C=O) groups excluding carboxylic acids is 2. The number of benzene rings is 1. The molecule has 0 radical (unpaired) electrons. The lowest BCUT2D eigenvalue weighted by molar-refractivity contribution is -0.118. The zero-order valence-electron chi connectivity index (χ0n) is 17.1. The molecule has 9 nitrogen and oxygen atoms in total. The van der Waals surface area contributed by atoms with Crippen LogP contribution in [0.4, 0.5) is 5.82 Å². The van der Waals surface area contributed by atoms with Gasteiger partial charge in [0.1, 0.15) is 5.03 Å². The Morgan fingerprint density at radius 3 is 2.58 bits per heavy atom. The molecule has 162 valence electrons. The van der Waals surface area contributed by atoms with Gasteiger partial charge in [-0.2, -0.15) is 0 Å². The molecule has 2 aromatic heterocycles. The van der Waals surface area contributed by atoms with E-state index in [9.17, 15) is 9.59 Å². The van der Waals surface area contributed by atoms with Gasteiger partial charge in [-0.05, 0) is 48.4 Å². The van der Waals surface area contributed by atoms with E-state index < -0.39 is 5.91 Å². The maximum atomic E-state index is 12.1. The van der Waals surface area contributed by atoms with Gasteiger partial charge in [0.15, 0.2) is 23.1 Å². The fourth-order valence-electron chi connectivity index (χ4n) is 2.62. The average molecular weight is 442 g/mol. The number of nitrogens with one attached hydrogen (secondary N) is 2. The van der Waals surface area contributed by atoms with E-state index in [4.69, 9.17) is 13.9 Å². The van der Waals surface area contributed by atoms with Crippen LogP contribution in [-0.2, 0) is 11.2 Å². The van der Waals surface area contributed by atoms with E-state index in [0.29, 0.717) is 35.3 Å². The van der Waals surface area contributed by atoms with E-state index >= 15 is 0 Å². The maximum Gasteiger partial charge on any atom is 0.292 e. The van der Waals surface area contributed by atoms with Crippen molar-refractivity contribution in [2.75, 3.05) is 31.8 Å². The van der Waals surface area contributed by atoms with Crippen LogP contribution in [0.1, 0.15) is 16.1 Å². The van der Waals surface area contributed by atoms with Gasteiger partial charge in [0, 0.05) is 6.54 Å². The van der Waals surface area contributed by atoms with Crippen LogP contribution in [0.15, 0.2) is 58.2 Å². The smallest absolute Gasteiger partial charge is 0.292 e. The summed E-state index contributed by atoms with van der Waals surface area (Å²) in [6.07, 6.45) is 2.08. The first kappa shape index (κ1) is 22.2. The van der Waals surface area contributed by atoms with Crippen LogP contribution in [0, 0.1) is 0 Å². The topological polar surface area (TPSA) is 116 Å². The Labute approximate surface area is 183 Å². The van der Waals surface area contributed by atoms with Crippen molar-refractivity contribution in [2.24, 2.45) is 0 Å². The Morgan fingerprint density at radius 1 is 1.06 bits per heavy atom. The van der Waals surface area contributed by atoms with Crippen molar-refractivity contribution in [2.45, 2.75) is 11.4 Å². The van der Waals surface area contributed by atoms with Gasteiger partial charge in [-0.1, -0.05) is 17.8 Å². The molecule has 3 rings (SSSR count). The van der Waals surface area contributed by atoms with Crippen molar-refractivity contribution in [3.05, 3.63) is 60.1 Å². The van der Waals surface area contributed by atoms with Crippen LogP contribution in [0.25, 0.3) is 0 Å². The third-order valence-corrected chi connectivity index (χ3v) is 5.08. The van der Waals surface area contributed by atoms with Crippen molar-refractivity contribution in [1.29, 1.82) is 0 Å². The highest BCUT2D eigenvalue weighted by Gasteiger charge is 2.10. The number of hydrogen-bond acceptors (Lipinski definition) is 8. The summed E-state index contributed by atoms with van der Waals surface area (Å²) in [7, 11) is 3.17. The molecular formula is C21H22N4O5S. The highest BCUT2D eigenvalue weighted by Crippen LogP contribution is 2.27. The summed E-state index contributed by atoms with van der Waals surface area (Å²) >= 11 is 1.26. The Kier molecular flexibility index (Phi) is 7.88. The fraction of sp³-hybridized carbons (Fsp3) is 0.238. The van der Waals surface area contributed by atoms with E-state index in [-0.39, 0.29) is 17.4 Å². The molecule has 0 bridgehead atoms. The average Bonchev–Trinajstić information content (AvgIpc) is 3.34. The zero-order valence-corrected chi connectivity index (χ0v) is 17.9. The first-order valence-electron chi connectivity index (χ1n) is 9.38. The molecule has 0 unspecified atom stereocenters. The molecule has 0 atom stereocenters. The molecule has 0 aliphatic heterocycles. The number of carbonyl (C=O) groups is 2. The second kappa shape index (κ2) is 11.0. The highest BCUT2D eigenvalue weighted by atomic mass is 32.2. The Bertz CT molecular complexity index is 1010. The molecule has 0 saturated carbocycles. The first-order chi connectivity index (χ1) is 15.1. The van der Waals surface area contributed by atoms with Gasteiger partial charge in [-0.15, -0.1) is 10.2 Å². The minimum absolute atomic E-state index is 0.109. The van der Waals surface area contributed by atoms with Crippen molar-refractivity contribution in [3.63, 3.8) is 0 Å². The normalized spacial score (nSPS) is 10.4. The molecule has 3 aromatic rings. The Morgan fingerprint density at radius 2 is 1.90 bits per heavy atom. The molecule has 0 saturated heterocycles. The van der Waals surface area contributed by atoms with Crippen LogP contribution in [-0.4, -0.2) is 48.5 Å². The highest BCUT2D eigenvalue weighted by molar-refractivity contribution is 7.99. The van der Waals surface area contributed by atoms with E-state index in [1.54, 1.807) is 38.5 Å². The fourth-order valence-corrected chi connectivity index (χ4v) is 3.27. The predicted octanol–water partition coefficient (Wildman–Crippen LogP) is 2.79. The van der Waals surface area contributed by atoms with Gasteiger partial charge in [0.2, 0.25) is 5.91 Å². The van der Waals surface area contributed by atoms with E-state index in [0.717, 1.165) is 5.56 Å².